The van der Waals surface area contributed by atoms with Gasteiger partial charge in [0.05, 0.1) is 0 Å². The molecule has 66 valence electrons. The Morgan fingerprint density at radius 1 is 1.17 bits per heavy atom. The molecule has 0 nitrogen and oxygen atoms in total. The fraction of sp³-hybridized carbons (Fsp3) is 0.200. The van der Waals surface area contributed by atoms with Gasteiger partial charge in [-0.3, -0.25) is 0 Å². The Labute approximate surface area is 71.5 Å². The summed E-state index contributed by atoms with van der Waals surface area (Å²) in [5.41, 5.74) is 0.582. The van der Waals surface area contributed by atoms with Crippen LogP contribution in [0.15, 0.2) is 24.8 Å². The van der Waals surface area contributed by atoms with Crippen molar-refractivity contribution in [2.75, 3.05) is 0 Å². The molecule has 12 heavy (non-hydrogen) atoms. The Hall–Kier alpha value is -1.18. The van der Waals surface area contributed by atoms with Gasteiger partial charge in [-0.05, 0) is 17.7 Å². The molecule has 1 aromatic rings. The normalized spacial score (nSPS) is 8.33. The van der Waals surface area contributed by atoms with Gasteiger partial charge in [-0.1, -0.05) is 32.6 Å². The van der Waals surface area contributed by atoms with E-state index < -0.39 is 11.6 Å². The minimum atomic E-state index is -0.836. The summed E-state index contributed by atoms with van der Waals surface area (Å²) >= 11 is 0. The largest absolute Gasteiger partial charge is 0.204 e. The van der Waals surface area contributed by atoms with Crippen molar-refractivity contribution in [2.24, 2.45) is 0 Å². The molecular weight excluding hydrogens is 158 g/mol. The number of halogens is 2. The minimum Gasteiger partial charge on any atom is -0.204 e. The van der Waals surface area contributed by atoms with Crippen LogP contribution in [-0.2, 0) is 0 Å². The summed E-state index contributed by atoms with van der Waals surface area (Å²) in [6.07, 6.45) is 1.46. The number of benzene rings is 1. The minimum absolute atomic E-state index is 0.582. The van der Waals surface area contributed by atoms with E-state index in [1.807, 2.05) is 13.8 Å². The molecule has 0 saturated heterocycles. The fourth-order valence-electron chi connectivity index (χ4n) is 0.639. The predicted molar refractivity (Wildman–Crippen MR) is 47.8 cm³/mol. The van der Waals surface area contributed by atoms with Gasteiger partial charge in [0.1, 0.15) is 0 Å². The molecule has 0 aliphatic heterocycles. The quantitative estimate of drug-likeness (QED) is 0.603. The highest BCUT2D eigenvalue weighted by molar-refractivity contribution is 5.46. The first kappa shape index (κ1) is 10.8. The van der Waals surface area contributed by atoms with E-state index in [9.17, 15) is 8.78 Å². The highest BCUT2D eigenvalue weighted by atomic mass is 19.2. The molecule has 0 spiro atoms. The van der Waals surface area contributed by atoms with E-state index in [0.717, 1.165) is 12.1 Å². The third-order valence-corrected chi connectivity index (χ3v) is 1.18. The van der Waals surface area contributed by atoms with Crippen LogP contribution in [0.25, 0.3) is 6.08 Å². The van der Waals surface area contributed by atoms with Crippen LogP contribution in [0.5, 0.6) is 0 Å². The third kappa shape index (κ3) is 2.82. The zero-order valence-electron chi connectivity index (χ0n) is 7.27. The molecule has 0 atom stereocenters. The second-order valence-corrected chi connectivity index (χ2v) is 1.88. The molecule has 0 aliphatic rings. The third-order valence-electron chi connectivity index (χ3n) is 1.18. The highest BCUT2D eigenvalue weighted by Crippen LogP contribution is 2.08. The van der Waals surface area contributed by atoms with Crippen LogP contribution >= 0.6 is 0 Å². The van der Waals surface area contributed by atoms with E-state index in [1.165, 1.54) is 12.1 Å². The van der Waals surface area contributed by atoms with Crippen LogP contribution < -0.4 is 0 Å². The van der Waals surface area contributed by atoms with E-state index in [-0.39, 0.29) is 0 Å². The second-order valence-electron chi connectivity index (χ2n) is 1.88. The number of hydrogen-bond acceptors (Lipinski definition) is 0. The molecule has 0 saturated carbocycles. The lowest BCUT2D eigenvalue weighted by molar-refractivity contribution is 0.508. The Kier molecular flexibility index (Phi) is 4.93. The number of hydrogen-bond donors (Lipinski definition) is 0. The van der Waals surface area contributed by atoms with Gasteiger partial charge >= 0.3 is 0 Å². The van der Waals surface area contributed by atoms with Gasteiger partial charge in [-0.15, -0.1) is 0 Å². The summed E-state index contributed by atoms with van der Waals surface area (Å²) in [4.78, 5) is 0. The Morgan fingerprint density at radius 2 is 1.75 bits per heavy atom. The molecule has 0 amide bonds. The van der Waals surface area contributed by atoms with Crippen molar-refractivity contribution in [1.29, 1.82) is 0 Å². The van der Waals surface area contributed by atoms with Crippen molar-refractivity contribution in [3.05, 3.63) is 42.0 Å². The van der Waals surface area contributed by atoms with Gasteiger partial charge < -0.3 is 0 Å². The zero-order valence-corrected chi connectivity index (χ0v) is 7.27. The van der Waals surface area contributed by atoms with Gasteiger partial charge in [-0.2, -0.15) is 0 Å². The lowest BCUT2D eigenvalue weighted by Crippen LogP contribution is -1.82. The molecule has 2 heteroatoms. The summed E-state index contributed by atoms with van der Waals surface area (Å²) in [6, 6.07) is 3.64. The summed E-state index contributed by atoms with van der Waals surface area (Å²) in [5.74, 6) is -1.66. The van der Waals surface area contributed by atoms with Crippen molar-refractivity contribution in [3.63, 3.8) is 0 Å². The van der Waals surface area contributed by atoms with Crippen LogP contribution in [0.1, 0.15) is 19.4 Å². The van der Waals surface area contributed by atoms with Crippen molar-refractivity contribution >= 4 is 6.08 Å². The summed E-state index contributed by atoms with van der Waals surface area (Å²) in [7, 11) is 0. The summed E-state index contributed by atoms with van der Waals surface area (Å²) in [6.45, 7) is 7.41. The predicted octanol–water partition coefficient (Wildman–Crippen LogP) is 3.63. The van der Waals surface area contributed by atoms with Gasteiger partial charge in [0.2, 0.25) is 0 Å². The van der Waals surface area contributed by atoms with Crippen LogP contribution in [0, 0.1) is 11.6 Å². The van der Waals surface area contributed by atoms with E-state index in [1.54, 1.807) is 0 Å². The smallest absolute Gasteiger partial charge is 0.159 e. The molecule has 0 N–H and O–H groups in total. The molecule has 0 aliphatic carbocycles. The van der Waals surface area contributed by atoms with Crippen LogP contribution in [0.2, 0.25) is 0 Å². The number of rotatable bonds is 1. The van der Waals surface area contributed by atoms with Crippen molar-refractivity contribution in [2.45, 2.75) is 13.8 Å². The molecule has 0 unspecified atom stereocenters. The van der Waals surface area contributed by atoms with Crippen LogP contribution in [0.4, 0.5) is 8.78 Å². The maximum atomic E-state index is 12.3. The average molecular weight is 170 g/mol. The van der Waals surface area contributed by atoms with Gasteiger partial charge in [-0.25, -0.2) is 8.78 Å². The lowest BCUT2D eigenvalue weighted by atomic mass is 10.2. The molecule has 0 aromatic heterocycles. The molecule has 0 fully saturated rings. The van der Waals surface area contributed by atoms with Crippen LogP contribution in [-0.4, -0.2) is 0 Å². The Bertz CT molecular complexity index is 254. The summed E-state index contributed by atoms with van der Waals surface area (Å²) < 4.78 is 24.6. The molecule has 0 bridgehead atoms. The molecular formula is C10H12F2. The Morgan fingerprint density at radius 3 is 2.17 bits per heavy atom. The molecule has 1 rings (SSSR count). The van der Waals surface area contributed by atoms with E-state index in [2.05, 4.69) is 6.58 Å². The zero-order chi connectivity index (χ0) is 9.56. The van der Waals surface area contributed by atoms with Gasteiger partial charge in [0.15, 0.2) is 11.6 Å². The van der Waals surface area contributed by atoms with Crippen molar-refractivity contribution < 1.29 is 8.78 Å². The standard InChI is InChI=1S/C8H6F2.C2H6/c1-2-6-3-4-7(9)8(10)5-6;1-2/h2-5H,1H2;1-2H3. The maximum Gasteiger partial charge on any atom is 0.159 e. The van der Waals surface area contributed by atoms with E-state index in [4.69, 9.17) is 0 Å². The molecule has 0 radical (unpaired) electrons. The fourth-order valence-corrected chi connectivity index (χ4v) is 0.639. The molecule has 1 aromatic carbocycles. The van der Waals surface area contributed by atoms with Crippen LogP contribution in [0.3, 0.4) is 0 Å². The topological polar surface area (TPSA) is 0 Å². The first-order chi connectivity index (χ1) is 5.74. The SMILES string of the molecule is C=Cc1ccc(F)c(F)c1.CC. The molecule has 0 heterocycles. The highest BCUT2D eigenvalue weighted by Gasteiger charge is 1.98. The monoisotopic (exact) mass is 170 g/mol. The van der Waals surface area contributed by atoms with E-state index >= 15 is 0 Å². The maximum absolute atomic E-state index is 12.3. The lowest BCUT2D eigenvalue weighted by Gasteiger charge is -1.92. The first-order valence-corrected chi connectivity index (χ1v) is 3.81. The van der Waals surface area contributed by atoms with E-state index in [0.29, 0.717) is 5.56 Å². The van der Waals surface area contributed by atoms with Gasteiger partial charge in [0, 0.05) is 0 Å². The average Bonchev–Trinajstić information content (AvgIpc) is 2.13. The van der Waals surface area contributed by atoms with Crippen molar-refractivity contribution in [3.8, 4) is 0 Å². The Balaban J connectivity index is 0.000000561. The first-order valence-electron chi connectivity index (χ1n) is 3.81. The van der Waals surface area contributed by atoms with Crippen molar-refractivity contribution in [1.82, 2.24) is 0 Å². The summed E-state index contributed by atoms with van der Waals surface area (Å²) in [5, 5.41) is 0. The second kappa shape index (κ2) is 5.47. The van der Waals surface area contributed by atoms with Gasteiger partial charge in [0.25, 0.3) is 0 Å².